The molecule has 7 nitrogen and oxygen atoms in total. The summed E-state index contributed by atoms with van der Waals surface area (Å²) in [7, 11) is 0. The van der Waals surface area contributed by atoms with Crippen molar-refractivity contribution in [2.24, 2.45) is 5.92 Å². The van der Waals surface area contributed by atoms with Crippen molar-refractivity contribution in [2.45, 2.75) is 45.3 Å². The van der Waals surface area contributed by atoms with Gasteiger partial charge in [-0.25, -0.2) is 4.98 Å². The second kappa shape index (κ2) is 9.53. The standard InChI is InChI=1S/C19H24ClN3O4/c1-12(2)7-16(18(24)25)22-17(19(26)27)8-15-9-21-11-23(15)10-13-3-5-14(20)6-4-13/h3-6,9,11-12,16-17,22H,7-8,10H2,1-2H3,(H,24,25)(H,26,27)/t16-,17-/m0/s1. The second-order valence-corrected chi connectivity index (χ2v) is 7.36. The number of rotatable bonds is 10. The van der Waals surface area contributed by atoms with E-state index in [9.17, 15) is 19.8 Å². The minimum Gasteiger partial charge on any atom is -0.480 e. The van der Waals surface area contributed by atoms with Gasteiger partial charge in [0.25, 0.3) is 0 Å². The summed E-state index contributed by atoms with van der Waals surface area (Å²) in [5, 5.41) is 22.3. The Balaban J connectivity index is 2.12. The third-order valence-corrected chi connectivity index (χ3v) is 4.44. The first kappa shape index (κ1) is 20.9. The number of hydrogen-bond acceptors (Lipinski definition) is 4. The molecule has 8 heteroatoms. The molecule has 0 saturated heterocycles. The fourth-order valence-electron chi connectivity index (χ4n) is 2.83. The van der Waals surface area contributed by atoms with Crippen molar-refractivity contribution in [1.82, 2.24) is 14.9 Å². The van der Waals surface area contributed by atoms with Crippen LogP contribution < -0.4 is 5.32 Å². The molecule has 3 N–H and O–H groups in total. The van der Waals surface area contributed by atoms with E-state index >= 15 is 0 Å². The van der Waals surface area contributed by atoms with Crippen molar-refractivity contribution < 1.29 is 19.8 Å². The average molecular weight is 394 g/mol. The van der Waals surface area contributed by atoms with Crippen molar-refractivity contribution in [2.75, 3.05) is 0 Å². The first-order valence-electron chi connectivity index (χ1n) is 8.71. The number of carboxylic acid groups (broad SMARTS) is 2. The van der Waals surface area contributed by atoms with E-state index < -0.39 is 24.0 Å². The molecule has 27 heavy (non-hydrogen) atoms. The van der Waals surface area contributed by atoms with Crippen LogP contribution in [0.4, 0.5) is 0 Å². The highest BCUT2D eigenvalue weighted by atomic mass is 35.5. The summed E-state index contributed by atoms with van der Waals surface area (Å²) in [5.74, 6) is -2.02. The molecule has 0 aliphatic rings. The lowest BCUT2D eigenvalue weighted by atomic mass is 10.0. The van der Waals surface area contributed by atoms with Gasteiger partial charge in [0.1, 0.15) is 12.1 Å². The third kappa shape index (κ3) is 6.37. The van der Waals surface area contributed by atoms with Crippen molar-refractivity contribution in [3.63, 3.8) is 0 Å². The van der Waals surface area contributed by atoms with E-state index in [1.165, 1.54) is 0 Å². The van der Waals surface area contributed by atoms with Crippen molar-refractivity contribution in [3.05, 3.63) is 53.1 Å². The number of nitrogens with zero attached hydrogens (tertiary/aromatic N) is 2. The SMILES string of the molecule is CC(C)C[C@H](N[C@@H](Cc1cncn1Cc1ccc(Cl)cc1)C(=O)O)C(=O)O. The molecule has 2 aromatic rings. The van der Waals surface area contributed by atoms with Crippen LogP contribution in [0.3, 0.4) is 0 Å². The Morgan fingerprint density at radius 3 is 2.33 bits per heavy atom. The first-order valence-corrected chi connectivity index (χ1v) is 9.09. The number of carboxylic acids is 2. The van der Waals surface area contributed by atoms with Crippen LogP contribution >= 0.6 is 11.6 Å². The number of aromatic nitrogens is 2. The average Bonchev–Trinajstić information content (AvgIpc) is 3.01. The Kier molecular flexibility index (Phi) is 7.38. The van der Waals surface area contributed by atoms with Crippen LogP contribution in [0.25, 0.3) is 0 Å². The summed E-state index contributed by atoms with van der Waals surface area (Å²) in [6.07, 6.45) is 3.71. The summed E-state index contributed by atoms with van der Waals surface area (Å²) < 4.78 is 1.85. The van der Waals surface area contributed by atoms with Crippen molar-refractivity contribution >= 4 is 23.5 Å². The molecule has 0 saturated carbocycles. The maximum atomic E-state index is 11.7. The molecule has 0 spiro atoms. The van der Waals surface area contributed by atoms with E-state index in [2.05, 4.69) is 10.3 Å². The molecule has 0 aliphatic carbocycles. The molecule has 0 amide bonds. The number of imidazole rings is 1. The van der Waals surface area contributed by atoms with Gasteiger partial charge in [0, 0.05) is 29.9 Å². The van der Waals surface area contributed by atoms with Crippen LogP contribution in [-0.4, -0.2) is 43.8 Å². The smallest absolute Gasteiger partial charge is 0.321 e. The number of carbonyl (C=O) groups is 2. The summed E-state index contributed by atoms with van der Waals surface area (Å²) >= 11 is 5.90. The zero-order chi connectivity index (χ0) is 20.0. The number of benzene rings is 1. The Labute approximate surface area is 163 Å². The highest BCUT2D eigenvalue weighted by Crippen LogP contribution is 2.14. The lowest BCUT2D eigenvalue weighted by Gasteiger charge is -2.22. The predicted molar refractivity (Wildman–Crippen MR) is 102 cm³/mol. The number of halogens is 1. The van der Waals surface area contributed by atoms with E-state index in [4.69, 9.17) is 11.6 Å². The Bertz CT molecular complexity index is 774. The number of nitrogens with one attached hydrogen (secondary N) is 1. The summed E-state index contributed by atoms with van der Waals surface area (Å²) in [5.41, 5.74) is 1.71. The molecular formula is C19H24ClN3O4. The lowest BCUT2D eigenvalue weighted by Crippen LogP contribution is -2.49. The fourth-order valence-corrected chi connectivity index (χ4v) is 2.95. The highest BCUT2D eigenvalue weighted by molar-refractivity contribution is 6.30. The van der Waals surface area contributed by atoms with E-state index in [1.54, 1.807) is 24.7 Å². The molecule has 1 heterocycles. The lowest BCUT2D eigenvalue weighted by molar-refractivity contribution is -0.142. The van der Waals surface area contributed by atoms with Crippen molar-refractivity contribution in [3.8, 4) is 0 Å². The molecule has 2 rings (SSSR count). The van der Waals surface area contributed by atoms with Crippen LogP contribution in [0.15, 0.2) is 36.8 Å². The zero-order valence-corrected chi connectivity index (χ0v) is 16.1. The molecule has 1 aromatic carbocycles. The Hall–Kier alpha value is -2.38. The summed E-state index contributed by atoms with van der Waals surface area (Å²) in [6, 6.07) is 5.42. The van der Waals surface area contributed by atoms with Gasteiger partial charge in [-0.15, -0.1) is 0 Å². The largest absolute Gasteiger partial charge is 0.480 e. The summed E-state index contributed by atoms with van der Waals surface area (Å²) in [4.78, 5) is 27.2. The fraction of sp³-hybridized carbons (Fsp3) is 0.421. The molecule has 0 bridgehead atoms. The molecule has 2 atom stereocenters. The Morgan fingerprint density at radius 2 is 1.78 bits per heavy atom. The summed E-state index contributed by atoms with van der Waals surface area (Å²) in [6.45, 7) is 4.32. The minimum absolute atomic E-state index is 0.128. The van der Waals surface area contributed by atoms with Gasteiger partial charge in [0.05, 0.1) is 6.33 Å². The maximum Gasteiger partial charge on any atom is 0.321 e. The van der Waals surface area contributed by atoms with Crippen LogP contribution in [0.2, 0.25) is 5.02 Å². The first-order chi connectivity index (χ1) is 12.8. The van der Waals surface area contributed by atoms with Crippen LogP contribution in [0.5, 0.6) is 0 Å². The monoisotopic (exact) mass is 393 g/mol. The topological polar surface area (TPSA) is 104 Å². The molecule has 0 radical (unpaired) electrons. The third-order valence-electron chi connectivity index (χ3n) is 4.18. The van der Waals surface area contributed by atoms with Gasteiger partial charge in [0.2, 0.25) is 0 Å². The number of aliphatic carboxylic acids is 2. The molecular weight excluding hydrogens is 370 g/mol. The second-order valence-electron chi connectivity index (χ2n) is 6.92. The maximum absolute atomic E-state index is 11.7. The van der Waals surface area contributed by atoms with E-state index in [0.29, 0.717) is 23.7 Å². The van der Waals surface area contributed by atoms with Gasteiger partial charge in [-0.2, -0.15) is 0 Å². The van der Waals surface area contributed by atoms with E-state index in [1.807, 2.05) is 30.5 Å². The van der Waals surface area contributed by atoms with E-state index in [-0.39, 0.29) is 12.3 Å². The minimum atomic E-state index is -1.09. The van der Waals surface area contributed by atoms with Gasteiger partial charge in [-0.3, -0.25) is 14.9 Å². The van der Waals surface area contributed by atoms with Gasteiger partial charge in [0.15, 0.2) is 0 Å². The van der Waals surface area contributed by atoms with E-state index in [0.717, 1.165) is 5.56 Å². The predicted octanol–water partition coefficient (Wildman–Crippen LogP) is 2.67. The van der Waals surface area contributed by atoms with Crippen LogP contribution in [0, 0.1) is 5.92 Å². The Morgan fingerprint density at radius 1 is 1.15 bits per heavy atom. The van der Waals surface area contributed by atoms with Crippen LogP contribution in [0.1, 0.15) is 31.5 Å². The van der Waals surface area contributed by atoms with Crippen LogP contribution in [-0.2, 0) is 22.6 Å². The quantitative estimate of drug-likeness (QED) is 0.573. The van der Waals surface area contributed by atoms with Gasteiger partial charge in [-0.1, -0.05) is 37.6 Å². The van der Waals surface area contributed by atoms with Crippen molar-refractivity contribution in [1.29, 1.82) is 0 Å². The van der Waals surface area contributed by atoms with Gasteiger partial charge in [-0.05, 0) is 30.0 Å². The zero-order valence-electron chi connectivity index (χ0n) is 15.3. The molecule has 0 aliphatic heterocycles. The normalized spacial score (nSPS) is 13.5. The highest BCUT2D eigenvalue weighted by Gasteiger charge is 2.27. The number of hydrogen-bond donors (Lipinski definition) is 3. The molecule has 1 aromatic heterocycles. The van der Waals surface area contributed by atoms with Gasteiger partial charge >= 0.3 is 11.9 Å². The molecule has 0 fully saturated rings. The van der Waals surface area contributed by atoms with Gasteiger partial charge < -0.3 is 14.8 Å². The molecule has 0 unspecified atom stereocenters. The molecule has 146 valence electrons.